The number of hydrogen-bond donors (Lipinski definition) is 1. The Morgan fingerprint density at radius 2 is 1.73 bits per heavy atom. The lowest BCUT2D eigenvalue weighted by atomic mass is 9.92. The first-order valence-electron chi connectivity index (χ1n) is 13.0. The van der Waals surface area contributed by atoms with E-state index in [0.29, 0.717) is 29.3 Å². The second-order valence-electron chi connectivity index (χ2n) is 9.53. The van der Waals surface area contributed by atoms with Gasteiger partial charge in [0.2, 0.25) is 5.91 Å². The molecular weight excluding hydrogens is 531 g/mol. The molecule has 0 radical (unpaired) electrons. The molecule has 1 amide bonds. The highest BCUT2D eigenvalue weighted by molar-refractivity contribution is 5.77. The average molecular weight is 560 g/mol. The zero-order chi connectivity index (χ0) is 28.8. The number of pyridine rings is 1. The Bertz CT molecular complexity index is 1630. The Balaban J connectivity index is 1.40. The van der Waals surface area contributed by atoms with Gasteiger partial charge in [0, 0.05) is 31.3 Å². The molecule has 6 nitrogen and oxygen atoms in total. The lowest BCUT2D eigenvalue weighted by Crippen LogP contribution is -2.25. The van der Waals surface area contributed by atoms with Crippen LogP contribution >= 0.6 is 0 Å². The Kier molecular flexibility index (Phi) is 8.24. The Morgan fingerprint density at radius 3 is 2.51 bits per heavy atom. The van der Waals surface area contributed by atoms with Gasteiger partial charge in [0.15, 0.2) is 11.4 Å². The van der Waals surface area contributed by atoms with E-state index in [1.807, 2.05) is 77.3 Å². The Hall–Kier alpha value is -4.79. The van der Waals surface area contributed by atoms with E-state index in [1.54, 1.807) is 19.4 Å². The first-order valence-corrected chi connectivity index (χ1v) is 13.0. The van der Waals surface area contributed by atoms with Crippen molar-refractivity contribution in [2.75, 3.05) is 7.11 Å². The van der Waals surface area contributed by atoms with Crippen LogP contribution in [0.2, 0.25) is 0 Å². The fourth-order valence-electron chi connectivity index (χ4n) is 4.68. The summed E-state index contributed by atoms with van der Waals surface area (Å²) in [4.78, 5) is 17.8. The highest BCUT2D eigenvalue weighted by atomic mass is 19.4. The number of ether oxygens (including phenoxy) is 2. The number of benzene rings is 3. The van der Waals surface area contributed by atoms with Crippen molar-refractivity contribution in [2.45, 2.75) is 31.7 Å². The first kappa shape index (κ1) is 27.8. The number of imidazole rings is 1. The molecule has 0 aliphatic rings. The lowest BCUT2D eigenvalue weighted by Gasteiger charge is -2.18. The molecule has 0 saturated heterocycles. The van der Waals surface area contributed by atoms with Crippen molar-refractivity contribution in [2.24, 2.45) is 0 Å². The summed E-state index contributed by atoms with van der Waals surface area (Å²) < 4.78 is 52.8. The van der Waals surface area contributed by atoms with Crippen molar-refractivity contribution in [3.05, 3.63) is 131 Å². The van der Waals surface area contributed by atoms with E-state index < -0.39 is 17.7 Å². The third-order valence-corrected chi connectivity index (χ3v) is 6.75. The molecule has 0 saturated carbocycles. The number of carbonyl (C=O) groups excluding carboxylic acids is 1. The number of aromatic nitrogens is 2. The van der Waals surface area contributed by atoms with Gasteiger partial charge < -0.3 is 19.2 Å². The van der Waals surface area contributed by atoms with Crippen LogP contribution < -0.4 is 14.8 Å². The van der Waals surface area contributed by atoms with Gasteiger partial charge in [0.1, 0.15) is 12.4 Å². The molecule has 9 heteroatoms. The normalized spacial score (nSPS) is 12.2. The number of nitrogens with zero attached hydrogens (tertiary/aromatic N) is 2. The number of fused-ring (bicyclic) bond motifs is 1. The highest BCUT2D eigenvalue weighted by Gasteiger charge is 2.30. The Morgan fingerprint density at radius 1 is 0.951 bits per heavy atom. The number of rotatable bonds is 10. The SMILES string of the molecule is COc1cccc(C(CC(=O)NCc2cccc(C(F)(F)F)c2)c2cnc3c(OCc4ccccc4)cccn23)c1. The van der Waals surface area contributed by atoms with E-state index >= 15 is 0 Å². The standard InChI is InChI=1S/C32H28F3N3O3/c1-40-26-13-6-11-24(17-26)27(18-30(39)36-19-23-10-5-12-25(16-23)32(33,34)35)28-20-37-31-29(14-7-15-38(28)31)41-21-22-8-3-2-4-9-22/h2-17,20,27H,18-19,21H2,1H3,(H,36,39). The van der Waals surface area contributed by atoms with Gasteiger partial charge in [-0.05, 0) is 53.1 Å². The summed E-state index contributed by atoms with van der Waals surface area (Å²) in [6, 6.07) is 25.9. The van der Waals surface area contributed by atoms with Crippen LogP contribution in [0.5, 0.6) is 11.5 Å². The van der Waals surface area contributed by atoms with Crippen molar-refractivity contribution in [3.8, 4) is 11.5 Å². The lowest BCUT2D eigenvalue weighted by molar-refractivity contribution is -0.137. The predicted molar refractivity (Wildman–Crippen MR) is 149 cm³/mol. The molecule has 5 aromatic rings. The molecule has 1 unspecified atom stereocenters. The number of methoxy groups -OCH3 is 1. The van der Waals surface area contributed by atoms with Crippen LogP contribution in [0, 0.1) is 0 Å². The van der Waals surface area contributed by atoms with Gasteiger partial charge in [-0.25, -0.2) is 4.98 Å². The zero-order valence-corrected chi connectivity index (χ0v) is 22.3. The van der Waals surface area contributed by atoms with E-state index in [4.69, 9.17) is 9.47 Å². The summed E-state index contributed by atoms with van der Waals surface area (Å²) in [5, 5.41) is 2.77. The molecule has 0 spiro atoms. The van der Waals surface area contributed by atoms with E-state index in [1.165, 1.54) is 6.07 Å². The number of nitrogens with one attached hydrogen (secondary N) is 1. The minimum Gasteiger partial charge on any atom is -0.497 e. The molecule has 0 fully saturated rings. The molecular formula is C32H28F3N3O3. The molecule has 1 N–H and O–H groups in total. The van der Waals surface area contributed by atoms with Crippen molar-refractivity contribution in [3.63, 3.8) is 0 Å². The molecule has 2 heterocycles. The number of hydrogen-bond acceptors (Lipinski definition) is 4. The van der Waals surface area contributed by atoms with Gasteiger partial charge in [-0.15, -0.1) is 0 Å². The second kappa shape index (κ2) is 12.2. The molecule has 5 rings (SSSR count). The molecule has 2 aromatic heterocycles. The van der Waals surface area contributed by atoms with Crippen LogP contribution in [-0.2, 0) is 24.1 Å². The van der Waals surface area contributed by atoms with Crippen molar-refractivity contribution in [1.29, 1.82) is 0 Å². The molecule has 0 bridgehead atoms. The third kappa shape index (κ3) is 6.69. The van der Waals surface area contributed by atoms with E-state index in [9.17, 15) is 18.0 Å². The predicted octanol–water partition coefficient (Wildman–Crippen LogP) is 6.78. The molecule has 210 valence electrons. The monoisotopic (exact) mass is 559 g/mol. The second-order valence-corrected chi connectivity index (χ2v) is 9.53. The smallest absolute Gasteiger partial charge is 0.416 e. The summed E-state index contributed by atoms with van der Waals surface area (Å²) in [5.41, 5.74) is 2.82. The summed E-state index contributed by atoms with van der Waals surface area (Å²) in [7, 11) is 1.57. The molecule has 41 heavy (non-hydrogen) atoms. The fourth-order valence-corrected chi connectivity index (χ4v) is 4.68. The van der Waals surface area contributed by atoms with Gasteiger partial charge >= 0.3 is 6.18 Å². The summed E-state index contributed by atoms with van der Waals surface area (Å²) in [6.07, 6.45) is -0.838. The average Bonchev–Trinajstić information content (AvgIpc) is 3.42. The summed E-state index contributed by atoms with van der Waals surface area (Å²) in [6.45, 7) is 0.345. The largest absolute Gasteiger partial charge is 0.497 e. The van der Waals surface area contributed by atoms with Crippen LogP contribution in [0.3, 0.4) is 0 Å². The fraction of sp³-hybridized carbons (Fsp3) is 0.188. The van der Waals surface area contributed by atoms with Crippen LogP contribution in [0.25, 0.3) is 5.65 Å². The summed E-state index contributed by atoms with van der Waals surface area (Å²) >= 11 is 0. The molecule has 0 aliphatic carbocycles. The van der Waals surface area contributed by atoms with Crippen molar-refractivity contribution in [1.82, 2.24) is 14.7 Å². The number of halogens is 3. The molecule has 1 atom stereocenters. The van der Waals surface area contributed by atoms with Crippen LogP contribution in [-0.4, -0.2) is 22.4 Å². The van der Waals surface area contributed by atoms with Crippen LogP contribution in [0.1, 0.15) is 40.3 Å². The maximum absolute atomic E-state index is 13.2. The number of alkyl halides is 3. The van der Waals surface area contributed by atoms with Gasteiger partial charge in [-0.1, -0.05) is 54.6 Å². The molecule has 3 aromatic carbocycles. The topological polar surface area (TPSA) is 64.9 Å². The Labute approximate surface area is 235 Å². The minimum absolute atomic E-state index is 0.0296. The molecule has 0 aliphatic heterocycles. The first-order chi connectivity index (χ1) is 19.8. The maximum Gasteiger partial charge on any atom is 0.416 e. The van der Waals surface area contributed by atoms with Gasteiger partial charge in [0.25, 0.3) is 0 Å². The van der Waals surface area contributed by atoms with E-state index in [2.05, 4.69) is 10.3 Å². The van der Waals surface area contributed by atoms with Crippen LogP contribution in [0.4, 0.5) is 13.2 Å². The maximum atomic E-state index is 13.2. The quantitative estimate of drug-likeness (QED) is 0.205. The van der Waals surface area contributed by atoms with Crippen LogP contribution in [0.15, 0.2) is 103 Å². The zero-order valence-electron chi connectivity index (χ0n) is 22.3. The van der Waals surface area contributed by atoms with Crippen molar-refractivity contribution >= 4 is 11.6 Å². The number of amides is 1. The van der Waals surface area contributed by atoms with Gasteiger partial charge in [-0.2, -0.15) is 13.2 Å². The number of carbonyl (C=O) groups is 1. The van der Waals surface area contributed by atoms with Gasteiger partial charge in [-0.3, -0.25) is 4.79 Å². The van der Waals surface area contributed by atoms with Crippen molar-refractivity contribution < 1.29 is 27.4 Å². The third-order valence-electron chi connectivity index (χ3n) is 6.75. The minimum atomic E-state index is -4.45. The highest BCUT2D eigenvalue weighted by Crippen LogP contribution is 2.33. The van der Waals surface area contributed by atoms with Gasteiger partial charge in [0.05, 0.1) is 18.4 Å². The summed E-state index contributed by atoms with van der Waals surface area (Å²) in [5.74, 6) is 0.492. The van der Waals surface area contributed by atoms with E-state index in [0.717, 1.165) is 29.0 Å². The van der Waals surface area contributed by atoms with E-state index in [-0.39, 0.29) is 18.9 Å².